The van der Waals surface area contributed by atoms with Gasteiger partial charge in [0.15, 0.2) is 5.82 Å². The topological polar surface area (TPSA) is 77.7 Å². The Labute approximate surface area is 153 Å². The van der Waals surface area contributed by atoms with Crippen LogP contribution in [0.1, 0.15) is 85.0 Å². The van der Waals surface area contributed by atoms with Gasteiger partial charge >= 0.3 is 0 Å². The Morgan fingerprint density at radius 2 is 2.04 bits per heavy atom. The van der Waals surface area contributed by atoms with Crippen molar-refractivity contribution in [2.45, 2.75) is 57.3 Å². The molecule has 0 bridgehead atoms. The zero-order valence-corrected chi connectivity index (χ0v) is 15.5. The zero-order chi connectivity index (χ0) is 17.8. The largest absolute Gasteiger partial charge is 0.364 e. The molecule has 0 aromatic carbocycles. The summed E-state index contributed by atoms with van der Waals surface area (Å²) in [5.41, 5.74) is 2.02. The Kier molecular flexibility index (Phi) is 3.69. The van der Waals surface area contributed by atoms with E-state index in [4.69, 9.17) is 4.98 Å². The van der Waals surface area contributed by atoms with Gasteiger partial charge in [0.05, 0.1) is 5.56 Å². The summed E-state index contributed by atoms with van der Waals surface area (Å²) >= 11 is 0. The zero-order valence-electron chi connectivity index (χ0n) is 15.5. The second-order valence-electron chi connectivity index (χ2n) is 8.63. The first kappa shape index (κ1) is 16.1. The van der Waals surface area contributed by atoms with Crippen LogP contribution in [0, 0.1) is 11.8 Å². The monoisotopic (exact) mass is 353 g/mol. The maximum absolute atomic E-state index is 13.2. The van der Waals surface area contributed by atoms with Gasteiger partial charge < -0.3 is 9.88 Å². The fraction of sp³-hybridized carbons (Fsp3) is 0.650. The highest BCUT2D eigenvalue weighted by atomic mass is 16.2. The van der Waals surface area contributed by atoms with E-state index in [2.05, 4.69) is 33.9 Å². The van der Waals surface area contributed by atoms with Crippen molar-refractivity contribution >= 4 is 5.91 Å². The molecule has 0 unspecified atom stereocenters. The second-order valence-corrected chi connectivity index (χ2v) is 8.63. The Morgan fingerprint density at radius 1 is 1.23 bits per heavy atom. The van der Waals surface area contributed by atoms with Gasteiger partial charge in [-0.05, 0) is 49.5 Å². The number of hydrogen-bond donors (Lipinski definition) is 2. The maximum Gasteiger partial charge on any atom is 0.255 e. The first-order chi connectivity index (χ1) is 12.6. The fourth-order valence-corrected chi connectivity index (χ4v) is 4.45. The van der Waals surface area contributed by atoms with E-state index in [0.717, 1.165) is 41.9 Å². The lowest BCUT2D eigenvalue weighted by molar-refractivity contribution is 0.0783. The van der Waals surface area contributed by atoms with Gasteiger partial charge in [0.2, 0.25) is 0 Å². The number of aromatic amines is 2. The minimum Gasteiger partial charge on any atom is -0.364 e. The molecule has 2 atom stereocenters. The molecule has 5 rings (SSSR count). The summed E-state index contributed by atoms with van der Waals surface area (Å²) in [6.45, 7) is 5.82. The van der Waals surface area contributed by atoms with Crippen LogP contribution in [0.4, 0.5) is 0 Å². The van der Waals surface area contributed by atoms with Gasteiger partial charge in [-0.25, -0.2) is 4.98 Å². The third-order valence-corrected chi connectivity index (χ3v) is 6.26. The van der Waals surface area contributed by atoms with Crippen LogP contribution in [-0.4, -0.2) is 44.1 Å². The fourth-order valence-electron chi connectivity index (χ4n) is 4.45. The number of nitrogens with one attached hydrogen (secondary N) is 2. The summed E-state index contributed by atoms with van der Waals surface area (Å²) in [4.78, 5) is 23.3. The van der Waals surface area contributed by atoms with Crippen molar-refractivity contribution in [2.24, 2.45) is 11.8 Å². The molecule has 2 aromatic rings. The van der Waals surface area contributed by atoms with E-state index in [9.17, 15) is 4.79 Å². The van der Waals surface area contributed by atoms with Crippen LogP contribution >= 0.6 is 0 Å². The van der Waals surface area contributed by atoms with Gasteiger partial charge in [-0.2, -0.15) is 5.10 Å². The van der Waals surface area contributed by atoms with Crippen LogP contribution in [0.2, 0.25) is 0 Å². The van der Waals surface area contributed by atoms with Crippen LogP contribution in [0.5, 0.6) is 0 Å². The Balaban J connectivity index is 1.39. The predicted octanol–water partition coefficient (Wildman–Crippen LogP) is 3.40. The van der Waals surface area contributed by atoms with E-state index in [1.54, 1.807) is 0 Å². The number of rotatable bonds is 5. The highest BCUT2D eigenvalue weighted by Crippen LogP contribution is 2.48. The Morgan fingerprint density at radius 3 is 2.69 bits per heavy atom. The predicted molar refractivity (Wildman–Crippen MR) is 98.1 cm³/mol. The summed E-state index contributed by atoms with van der Waals surface area (Å²) < 4.78 is 0. The average molecular weight is 353 g/mol. The number of amides is 1. The summed E-state index contributed by atoms with van der Waals surface area (Å²) in [5, 5.41) is 7.57. The number of hydrogen-bond acceptors (Lipinski definition) is 3. The van der Waals surface area contributed by atoms with Gasteiger partial charge in [-0.15, -0.1) is 0 Å². The molecule has 3 heterocycles. The molecule has 0 radical (unpaired) electrons. The molecule has 26 heavy (non-hydrogen) atoms. The lowest BCUT2D eigenvalue weighted by atomic mass is 9.91. The molecule has 3 fully saturated rings. The van der Waals surface area contributed by atoms with Crippen molar-refractivity contribution in [1.29, 1.82) is 0 Å². The van der Waals surface area contributed by atoms with Crippen molar-refractivity contribution in [3.63, 3.8) is 0 Å². The number of carbonyl (C=O) groups excluding carboxylic acids is 1. The first-order valence-electron chi connectivity index (χ1n) is 10.0. The van der Waals surface area contributed by atoms with Crippen LogP contribution in [-0.2, 0) is 0 Å². The number of aromatic nitrogens is 4. The molecular formula is C20H27N5O. The van der Waals surface area contributed by atoms with Crippen molar-refractivity contribution in [2.75, 3.05) is 13.1 Å². The number of likely N-dealkylation sites (tertiary alicyclic amines) is 1. The number of nitrogens with zero attached hydrogens (tertiary/aromatic N) is 3. The van der Waals surface area contributed by atoms with Crippen molar-refractivity contribution in [3.8, 4) is 0 Å². The molecule has 6 heteroatoms. The molecule has 1 saturated heterocycles. The van der Waals surface area contributed by atoms with E-state index >= 15 is 0 Å². The number of H-pyrrole nitrogens is 2. The minimum absolute atomic E-state index is 0.185. The van der Waals surface area contributed by atoms with E-state index in [1.807, 2.05) is 12.3 Å². The third kappa shape index (κ3) is 2.75. The van der Waals surface area contributed by atoms with E-state index < -0.39 is 0 Å². The summed E-state index contributed by atoms with van der Waals surface area (Å²) in [6.07, 6.45) is 6.88. The average Bonchev–Trinajstić information content (AvgIpc) is 3.50. The van der Waals surface area contributed by atoms with Crippen molar-refractivity contribution in [1.82, 2.24) is 25.1 Å². The van der Waals surface area contributed by atoms with Gasteiger partial charge in [0, 0.05) is 36.8 Å². The summed E-state index contributed by atoms with van der Waals surface area (Å²) in [7, 11) is 0. The summed E-state index contributed by atoms with van der Waals surface area (Å²) in [5.74, 6) is 4.44. The first-order valence-corrected chi connectivity index (χ1v) is 10.0. The molecule has 6 nitrogen and oxygen atoms in total. The lowest BCUT2D eigenvalue weighted by Crippen LogP contribution is -2.29. The Bertz CT molecular complexity index is 814. The molecule has 2 aliphatic carbocycles. The number of carbonyl (C=O) groups is 1. The smallest absolute Gasteiger partial charge is 0.255 e. The SMILES string of the molecule is CC(C)c1n[nH]c([C@H]2CN(C(=O)c3cc[nH]c3C3CC3)C[C@@H]2C2CC2)n1. The van der Waals surface area contributed by atoms with Crippen LogP contribution in [0.25, 0.3) is 0 Å². The highest BCUT2D eigenvalue weighted by Gasteiger charge is 2.46. The molecular weight excluding hydrogens is 326 g/mol. The van der Waals surface area contributed by atoms with Crippen LogP contribution in [0.15, 0.2) is 12.3 Å². The van der Waals surface area contributed by atoms with Gasteiger partial charge in [0.1, 0.15) is 5.82 Å². The highest BCUT2D eigenvalue weighted by molar-refractivity contribution is 5.96. The van der Waals surface area contributed by atoms with Crippen LogP contribution < -0.4 is 0 Å². The molecule has 0 spiro atoms. The van der Waals surface area contributed by atoms with Gasteiger partial charge in [-0.1, -0.05) is 13.8 Å². The minimum atomic E-state index is 0.185. The van der Waals surface area contributed by atoms with Crippen molar-refractivity contribution in [3.05, 3.63) is 35.2 Å². The van der Waals surface area contributed by atoms with Crippen molar-refractivity contribution < 1.29 is 4.79 Å². The van der Waals surface area contributed by atoms with Gasteiger partial charge in [0.25, 0.3) is 5.91 Å². The lowest BCUT2D eigenvalue weighted by Gasteiger charge is -2.16. The van der Waals surface area contributed by atoms with E-state index in [1.165, 1.54) is 25.7 Å². The van der Waals surface area contributed by atoms with E-state index in [-0.39, 0.29) is 11.8 Å². The Hall–Kier alpha value is -2.11. The molecule has 138 valence electrons. The molecule has 2 aromatic heterocycles. The molecule has 1 amide bonds. The maximum atomic E-state index is 13.2. The van der Waals surface area contributed by atoms with Gasteiger partial charge in [-0.3, -0.25) is 9.89 Å². The standard InChI is InChI=1S/C20H27N5O/c1-11(2)18-22-19(24-23-18)16-10-25(9-15(16)12-3-4-12)20(26)14-7-8-21-17(14)13-5-6-13/h7-8,11-13,15-16,21H,3-6,9-10H2,1-2H3,(H,22,23,24)/t15-,16+/m1/s1. The molecule has 1 aliphatic heterocycles. The molecule has 3 aliphatic rings. The second kappa shape index (κ2) is 5.96. The van der Waals surface area contributed by atoms with Crippen LogP contribution in [0.3, 0.4) is 0 Å². The third-order valence-electron chi connectivity index (χ3n) is 6.26. The summed E-state index contributed by atoms with van der Waals surface area (Å²) in [6, 6.07) is 1.96. The molecule has 2 saturated carbocycles. The molecule has 2 N–H and O–H groups in total. The van der Waals surface area contributed by atoms with E-state index in [0.29, 0.717) is 17.8 Å². The normalized spacial score (nSPS) is 26.0. The quantitative estimate of drug-likeness (QED) is 0.865.